The minimum atomic E-state index is -4.12. The number of aromatic nitrogens is 1. The van der Waals surface area contributed by atoms with Gasteiger partial charge in [-0.15, -0.1) is 0 Å². The second-order valence-corrected chi connectivity index (χ2v) is 7.74. The molecule has 2 aromatic carbocycles. The van der Waals surface area contributed by atoms with Crippen molar-refractivity contribution in [3.63, 3.8) is 0 Å². The molecule has 0 unspecified atom stereocenters. The number of carbonyl (C=O) groups excluding carboxylic acids is 1. The fourth-order valence-corrected chi connectivity index (χ4v) is 4.59. The summed E-state index contributed by atoms with van der Waals surface area (Å²) >= 11 is 0. The van der Waals surface area contributed by atoms with Gasteiger partial charge in [-0.25, -0.2) is 16.8 Å². The third-order valence-corrected chi connectivity index (χ3v) is 6.07. The average Bonchev–Trinajstić information content (AvgIpc) is 2.86. The van der Waals surface area contributed by atoms with Gasteiger partial charge in [0.2, 0.25) is 5.91 Å². The van der Waals surface area contributed by atoms with Crippen molar-refractivity contribution in [2.24, 2.45) is 5.73 Å². The lowest BCUT2D eigenvalue weighted by Crippen LogP contribution is -2.16. The predicted molar refractivity (Wildman–Crippen MR) is 95.5 cm³/mol. The maximum atomic E-state index is 13.7. The monoisotopic (exact) mass is 390 g/mol. The first-order chi connectivity index (χ1) is 12.6. The molecule has 0 aliphatic rings. The van der Waals surface area contributed by atoms with Crippen molar-refractivity contribution in [2.75, 3.05) is 0 Å². The molecule has 1 aromatic heterocycles. The first kappa shape index (κ1) is 18.6. The maximum Gasteiger partial charge on any atom is 0.307 e. The van der Waals surface area contributed by atoms with Crippen LogP contribution in [-0.2, 0) is 21.2 Å². The van der Waals surface area contributed by atoms with Crippen LogP contribution < -0.4 is 5.73 Å². The van der Waals surface area contributed by atoms with Gasteiger partial charge in [0.05, 0.1) is 16.8 Å². The van der Waals surface area contributed by atoms with E-state index < -0.39 is 34.1 Å². The summed E-state index contributed by atoms with van der Waals surface area (Å²) in [6.45, 7) is 1.46. The smallest absolute Gasteiger partial charge is 0.307 e. The second kappa shape index (κ2) is 6.51. The van der Waals surface area contributed by atoms with Gasteiger partial charge in [0.25, 0.3) is 10.0 Å². The number of benzene rings is 2. The third-order valence-electron chi connectivity index (χ3n) is 4.25. The molecule has 0 saturated heterocycles. The third kappa shape index (κ3) is 3.17. The van der Waals surface area contributed by atoms with Crippen LogP contribution in [0.4, 0.5) is 4.39 Å². The maximum absolute atomic E-state index is 13.7. The number of primary amides is 1. The summed E-state index contributed by atoms with van der Waals surface area (Å²) in [5.41, 5.74) is 5.88. The van der Waals surface area contributed by atoms with Crippen LogP contribution in [0, 0.1) is 12.7 Å². The number of halogens is 1. The molecule has 0 saturated carbocycles. The molecule has 1 heterocycles. The minimum absolute atomic E-state index is 0.112. The summed E-state index contributed by atoms with van der Waals surface area (Å²) in [5, 5.41) is 9.35. The molecule has 3 N–H and O–H groups in total. The average molecular weight is 390 g/mol. The Hall–Kier alpha value is -3.20. The van der Waals surface area contributed by atoms with Crippen molar-refractivity contribution in [1.29, 1.82) is 0 Å². The largest absolute Gasteiger partial charge is 0.481 e. The Morgan fingerprint density at radius 3 is 2.33 bits per heavy atom. The zero-order valence-electron chi connectivity index (χ0n) is 14.1. The van der Waals surface area contributed by atoms with Gasteiger partial charge in [-0.2, -0.15) is 0 Å². The normalized spacial score (nSPS) is 11.6. The Morgan fingerprint density at radius 1 is 1.15 bits per heavy atom. The van der Waals surface area contributed by atoms with Crippen molar-refractivity contribution in [3.05, 3.63) is 65.1 Å². The molecule has 9 heteroatoms. The molecule has 27 heavy (non-hydrogen) atoms. The number of carboxylic acid groups (broad SMARTS) is 1. The first-order valence-electron chi connectivity index (χ1n) is 7.79. The van der Waals surface area contributed by atoms with E-state index in [2.05, 4.69) is 0 Å². The molecule has 7 nitrogen and oxygen atoms in total. The number of carbonyl (C=O) groups is 2. The van der Waals surface area contributed by atoms with E-state index >= 15 is 0 Å². The number of amides is 1. The summed E-state index contributed by atoms with van der Waals surface area (Å²) in [7, 11) is -4.12. The number of aliphatic carboxylic acids is 1. The topological polar surface area (TPSA) is 119 Å². The highest BCUT2D eigenvalue weighted by molar-refractivity contribution is 7.90. The highest BCUT2D eigenvalue weighted by Crippen LogP contribution is 2.31. The zero-order valence-corrected chi connectivity index (χ0v) is 15.0. The van der Waals surface area contributed by atoms with Crippen molar-refractivity contribution >= 4 is 32.8 Å². The summed E-state index contributed by atoms with van der Waals surface area (Å²) in [5.74, 6) is -2.46. The number of nitrogens with two attached hydrogens (primary N) is 1. The Bertz CT molecular complexity index is 1180. The SMILES string of the molecule is Cc1c(CC(=O)O)c2cc(F)ccc2n1S(=O)(=O)c1ccc(C(N)=O)cc1. The molecule has 3 aromatic rings. The molecule has 0 bridgehead atoms. The Morgan fingerprint density at radius 2 is 1.78 bits per heavy atom. The molecule has 140 valence electrons. The van der Waals surface area contributed by atoms with Gasteiger partial charge < -0.3 is 10.8 Å². The van der Waals surface area contributed by atoms with E-state index in [1.165, 1.54) is 37.3 Å². The van der Waals surface area contributed by atoms with Crippen LogP contribution in [0.5, 0.6) is 0 Å². The first-order valence-corrected chi connectivity index (χ1v) is 9.23. The Kier molecular flexibility index (Phi) is 4.48. The lowest BCUT2D eigenvalue weighted by atomic mass is 10.1. The zero-order chi connectivity index (χ0) is 19.9. The molecule has 1 amide bonds. The fraction of sp³-hybridized carbons (Fsp3) is 0.111. The van der Waals surface area contributed by atoms with E-state index in [1.54, 1.807) is 0 Å². The number of rotatable bonds is 5. The lowest BCUT2D eigenvalue weighted by Gasteiger charge is -2.11. The molecular weight excluding hydrogens is 375 g/mol. The summed E-state index contributed by atoms with van der Waals surface area (Å²) in [6, 6.07) is 8.56. The van der Waals surface area contributed by atoms with Gasteiger partial charge in [-0.05, 0) is 55.0 Å². The van der Waals surface area contributed by atoms with E-state index in [4.69, 9.17) is 10.8 Å². The van der Waals surface area contributed by atoms with Crippen LogP contribution in [0.15, 0.2) is 47.4 Å². The van der Waals surface area contributed by atoms with Crippen LogP contribution in [-0.4, -0.2) is 29.4 Å². The quantitative estimate of drug-likeness (QED) is 0.691. The molecule has 0 aliphatic heterocycles. The van der Waals surface area contributed by atoms with Gasteiger partial charge in [0.15, 0.2) is 0 Å². The van der Waals surface area contributed by atoms with E-state index in [0.29, 0.717) is 0 Å². The molecule has 0 spiro atoms. The van der Waals surface area contributed by atoms with Crippen LogP contribution in [0.2, 0.25) is 0 Å². The van der Waals surface area contributed by atoms with Crippen LogP contribution in [0.25, 0.3) is 10.9 Å². The highest BCUT2D eigenvalue weighted by atomic mass is 32.2. The van der Waals surface area contributed by atoms with Crippen LogP contribution in [0.3, 0.4) is 0 Å². The Balaban J connectivity index is 2.28. The number of nitrogens with zero attached hydrogens (tertiary/aromatic N) is 1. The fourth-order valence-electron chi connectivity index (χ4n) is 3.01. The van der Waals surface area contributed by atoms with Gasteiger partial charge in [0, 0.05) is 16.6 Å². The van der Waals surface area contributed by atoms with Crippen molar-refractivity contribution in [1.82, 2.24) is 3.97 Å². The number of hydrogen-bond acceptors (Lipinski definition) is 4. The summed E-state index contributed by atoms with van der Waals surface area (Å²) in [4.78, 5) is 22.2. The number of fused-ring (bicyclic) bond motifs is 1. The van der Waals surface area contributed by atoms with Crippen molar-refractivity contribution in [2.45, 2.75) is 18.2 Å². The second-order valence-electron chi connectivity index (χ2n) is 5.95. The van der Waals surface area contributed by atoms with Crippen molar-refractivity contribution in [3.8, 4) is 0 Å². The molecule has 0 fully saturated rings. The van der Waals surface area contributed by atoms with Crippen molar-refractivity contribution < 1.29 is 27.5 Å². The predicted octanol–water partition coefficient (Wildman–Crippen LogP) is 2.05. The van der Waals surface area contributed by atoms with E-state index in [0.717, 1.165) is 16.1 Å². The highest BCUT2D eigenvalue weighted by Gasteiger charge is 2.26. The van der Waals surface area contributed by atoms with E-state index in [1.807, 2.05) is 0 Å². The van der Waals surface area contributed by atoms with Gasteiger partial charge >= 0.3 is 5.97 Å². The van der Waals surface area contributed by atoms with E-state index in [9.17, 15) is 22.4 Å². The number of carboxylic acids is 1. The molecule has 0 atom stereocenters. The number of hydrogen-bond donors (Lipinski definition) is 2. The summed E-state index contributed by atoms with van der Waals surface area (Å²) in [6.07, 6.45) is -0.449. The lowest BCUT2D eigenvalue weighted by molar-refractivity contribution is -0.136. The van der Waals surface area contributed by atoms with Crippen LogP contribution >= 0.6 is 0 Å². The van der Waals surface area contributed by atoms with Gasteiger partial charge in [-0.3, -0.25) is 9.59 Å². The molecule has 0 radical (unpaired) electrons. The van der Waals surface area contributed by atoms with Gasteiger partial charge in [-0.1, -0.05) is 0 Å². The molecular formula is C18H15FN2O5S. The van der Waals surface area contributed by atoms with E-state index in [-0.39, 0.29) is 32.6 Å². The Labute approximate surface area is 153 Å². The van der Waals surface area contributed by atoms with Gasteiger partial charge in [0.1, 0.15) is 5.82 Å². The minimum Gasteiger partial charge on any atom is -0.481 e. The standard InChI is InChI=1S/C18H15FN2O5S/c1-10-14(9-17(22)23)15-8-12(19)4-7-16(15)21(10)27(25,26)13-5-2-11(3-6-13)18(20)24/h2-8H,9H2,1H3,(H2,20,24)(H,22,23). The molecule has 0 aliphatic carbocycles. The summed E-state index contributed by atoms with van der Waals surface area (Å²) < 4.78 is 40.9. The van der Waals surface area contributed by atoms with Crippen LogP contribution in [0.1, 0.15) is 21.6 Å². The molecule has 3 rings (SSSR count).